The molecule has 1 fully saturated rings. The molecule has 1 unspecified atom stereocenters. The topological polar surface area (TPSA) is 63.4 Å². The minimum absolute atomic E-state index is 0.413. The second kappa shape index (κ2) is 6.36. The van der Waals surface area contributed by atoms with Crippen LogP contribution in [0.1, 0.15) is 44.7 Å². The third-order valence-corrected chi connectivity index (χ3v) is 6.23. The van der Waals surface area contributed by atoms with Crippen molar-refractivity contribution in [1.29, 1.82) is 0 Å². The van der Waals surface area contributed by atoms with Crippen molar-refractivity contribution >= 4 is 15.7 Å². The molecule has 0 aliphatic carbocycles. The van der Waals surface area contributed by atoms with Crippen LogP contribution in [0.2, 0.25) is 0 Å². The molecular weight excluding hydrogens is 284 g/mol. The maximum absolute atomic E-state index is 13.0. The molecule has 0 spiro atoms. The van der Waals surface area contributed by atoms with Gasteiger partial charge < -0.3 is 5.73 Å². The van der Waals surface area contributed by atoms with Gasteiger partial charge in [-0.05, 0) is 54.9 Å². The van der Waals surface area contributed by atoms with Crippen molar-refractivity contribution < 1.29 is 8.42 Å². The number of nitrogen functional groups attached to an aromatic ring is 1. The first kappa shape index (κ1) is 16.3. The van der Waals surface area contributed by atoms with E-state index in [0.717, 1.165) is 30.4 Å². The summed E-state index contributed by atoms with van der Waals surface area (Å²) in [6.07, 6.45) is 3.45. The molecule has 0 aromatic heterocycles. The van der Waals surface area contributed by atoms with Gasteiger partial charge in [-0.1, -0.05) is 20.8 Å². The highest BCUT2D eigenvalue weighted by atomic mass is 32.2. The van der Waals surface area contributed by atoms with Crippen LogP contribution in [-0.4, -0.2) is 25.8 Å². The fraction of sp³-hybridized carbons (Fsp3) is 0.625. The van der Waals surface area contributed by atoms with E-state index in [-0.39, 0.29) is 0 Å². The average Bonchev–Trinajstić information content (AvgIpc) is 2.46. The van der Waals surface area contributed by atoms with Gasteiger partial charge in [0.25, 0.3) is 0 Å². The maximum Gasteiger partial charge on any atom is 0.243 e. The Hall–Kier alpha value is -1.07. The van der Waals surface area contributed by atoms with Gasteiger partial charge >= 0.3 is 0 Å². The predicted molar refractivity (Wildman–Crippen MR) is 86.8 cm³/mol. The van der Waals surface area contributed by atoms with Crippen molar-refractivity contribution in [2.75, 3.05) is 18.8 Å². The summed E-state index contributed by atoms with van der Waals surface area (Å²) >= 11 is 0. The van der Waals surface area contributed by atoms with Gasteiger partial charge in [-0.15, -0.1) is 0 Å². The minimum Gasteiger partial charge on any atom is -0.398 e. The zero-order valence-corrected chi connectivity index (χ0v) is 14.0. The van der Waals surface area contributed by atoms with Crippen LogP contribution in [0.5, 0.6) is 0 Å². The fourth-order valence-corrected chi connectivity index (χ4v) is 5.01. The molecular formula is C16H26N2O2S. The Morgan fingerprint density at radius 1 is 1.29 bits per heavy atom. The highest BCUT2D eigenvalue weighted by Gasteiger charge is 2.30. The number of sulfonamides is 1. The lowest BCUT2D eigenvalue weighted by atomic mass is 10.0. The summed E-state index contributed by atoms with van der Waals surface area (Å²) in [6.45, 7) is 7.31. The summed E-state index contributed by atoms with van der Waals surface area (Å²) in [5.74, 6) is 0.422. The molecule has 2 N–H and O–H groups in total. The number of piperidine rings is 1. The van der Waals surface area contributed by atoms with Crippen LogP contribution < -0.4 is 5.73 Å². The Kier molecular flexibility index (Phi) is 4.94. The van der Waals surface area contributed by atoms with E-state index in [1.165, 1.54) is 0 Å². The summed E-state index contributed by atoms with van der Waals surface area (Å²) in [6, 6.07) is 3.71. The lowest BCUT2D eigenvalue weighted by Gasteiger charge is -2.31. The third kappa shape index (κ3) is 3.24. The van der Waals surface area contributed by atoms with Crippen molar-refractivity contribution in [1.82, 2.24) is 4.31 Å². The summed E-state index contributed by atoms with van der Waals surface area (Å²) in [5, 5.41) is 0. The SMILES string of the molecule is CCc1cc(N)c(CC)c(S(=O)(=O)N2CCCC(C)C2)c1. The Labute approximate surface area is 128 Å². The van der Waals surface area contributed by atoms with Gasteiger partial charge in [0.2, 0.25) is 10.0 Å². The summed E-state index contributed by atoms with van der Waals surface area (Å²) < 4.78 is 27.6. The van der Waals surface area contributed by atoms with Gasteiger partial charge in [0, 0.05) is 18.8 Å². The van der Waals surface area contributed by atoms with E-state index in [2.05, 4.69) is 6.92 Å². The third-order valence-electron chi connectivity index (χ3n) is 4.30. The highest BCUT2D eigenvalue weighted by Crippen LogP contribution is 2.30. The highest BCUT2D eigenvalue weighted by molar-refractivity contribution is 7.89. The molecule has 1 aromatic carbocycles. The number of benzene rings is 1. The molecule has 0 radical (unpaired) electrons. The van der Waals surface area contributed by atoms with Crippen LogP contribution in [0.3, 0.4) is 0 Å². The van der Waals surface area contributed by atoms with E-state index in [1.807, 2.05) is 26.0 Å². The van der Waals surface area contributed by atoms with E-state index in [4.69, 9.17) is 5.73 Å². The lowest BCUT2D eigenvalue weighted by molar-refractivity contribution is 0.281. The number of nitrogens with two attached hydrogens (primary N) is 1. The van der Waals surface area contributed by atoms with Gasteiger partial charge in [-0.2, -0.15) is 4.31 Å². The van der Waals surface area contributed by atoms with Crippen LogP contribution in [0.15, 0.2) is 17.0 Å². The van der Waals surface area contributed by atoms with E-state index in [0.29, 0.717) is 36.0 Å². The van der Waals surface area contributed by atoms with Gasteiger partial charge in [-0.3, -0.25) is 0 Å². The molecule has 118 valence electrons. The van der Waals surface area contributed by atoms with Crippen LogP contribution in [0.4, 0.5) is 5.69 Å². The zero-order chi connectivity index (χ0) is 15.6. The van der Waals surface area contributed by atoms with E-state index < -0.39 is 10.0 Å². The Morgan fingerprint density at radius 2 is 2.00 bits per heavy atom. The molecule has 1 aromatic rings. The number of aryl methyl sites for hydroxylation is 1. The quantitative estimate of drug-likeness (QED) is 0.870. The second-order valence-corrected chi connectivity index (χ2v) is 7.89. The lowest BCUT2D eigenvalue weighted by Crippen LogP contribution is -2.39. The summed E-state index contributed by atoms with van der Waals surface area (Å²) in [5.41, 5.74) is 8.41. The molecule has 0 saturated carbocycles. The molecule has 1 saturated heterocycles. The van der Waals surface area contributed by atoms with Gasteiger partial charge in [0.05, 0.1) is 4.90 Å². The largest absolute Gasteiger partial charge is 0.398 e. The van der Waals surface area contributed by atoms with E-state index >= 15 is 0 Å². The fourth-order valence-electron chi connectivity index (χ4n) is 3.04. The summed E-state index contributed by atoms with van der Waals surface area (Å²) in [7, 11) is -3.44. The standard InChI is InChI=1S/C16H26N2O2S/c1-4-13-9-15(17)14(5-2)16(10-13)21(19,20)18-8-6-7-12(3)11-18/h9-10,12H,4-8,11,17H2,1-3H3. The molecule has 1 aliphatic rings. The van der Waals surface area contributed by atoms with Crippen molar-refractivity contribution in [3.05, 3.63) is 23.3 Å². The first-order chi connectivity index (χ1) is 9.90. The van der Waals surface area contributed by atoms with Crippen LogP contribution >= 0.6 is 0 Å². The average molecular weight is 310 g/mol. The Balaban J connectivity index is 2.50. The number of anilines is 1. The van der Waals surface area contributed by atoms with Crippen molar-refractivity contribution in [3.8, 4) is 0 Å². The minimum atomic E-state index is -3.44. The zero-order valence-electron chi connectivity index (χ0n) is 13.2. The molecule has 21 heavy (non-hydrogen) atoms. The Bertz CT molecular complexity index is 611. The second-order valence-electron chi connectivity index (χ2n) is 5.98. The van der Waals surface area contributed by atoms with Crippen LogP contribution in [0, 0.1) is 5.92 Å². The van der Waals surface area contributed by atoms with Crippen molar-refractivity contribution in [2.45, 2.75) is 51.3 Å². The maximum atomic E-state index is 13.0. The molecule has 0 bridgehead atoms. The molecule has 1 heterocycles. The molecule has 0 amide bonds. The van der Waals surface area contributed by atoms with Crippen LogP contribution in [-0.2, 0) is 22.9 Å². The molecule has 1 aliphatic heterocycles. The van der Waals surface area contributed by atoms with Gasteiger partial charge in [0.15, 0.2) is 0 Å². The molecule has 5 heteroatoms. The van der Waals surface area contributed by atoms with E-state index in [9.17, 15) is 8.42 Å². The Morgan fingerprint density at radius 3 is 2.57 bits per heavy atom. The first-order valence-corrected chi connectivity index (χ1v) is 9.25. The van der Waals surface area contributed by atoms with Crippen LogP contribution in [0.25, 0.3) is 0 Å². The van der Waals surface area contributed by atoms with Crippen molar-refractivity contribution in [3.63, 3.8) is 0 Å². The first-order valence-electron chi connectivity index (χ1n) is 7.81. The number of hydrogen-bond acceptors (Lipinski definition) is 3. The van der Waals surface area contributed by atoms with Crippen molar-refractivity contribution in [2.24, 2.45) is 5.92 Å². The number of rotatable bonds is 4. The molecule has 1 atom stereocenters. The molecule has 2 rings (SSSR count). The normalized spacial score (nSPS) is 20.6. The monoisotopic (exact) mass is 310 g/mol. The van der Waals surface area contributed by atoms with E-state index in [1.54, 1.807) is 4.31 Å². The number of hydrogen-bond donors (Lipinski definition) is 1. The predicted octanol–water partition coefficient (Wildman–Crippen LogP) is 2.81. The summed E-state index contributed by atoms with van der Waals surface area (Å²) in [4.78, 5) is 0.413. The number of nitrogens with zero attached hydrogens (tertiary/aromatic N) is 1. The van der Waals surface area contributed by atoms with Gasteiger partial charge in [-0.25, -0.2) is 8.42 Å². The smallest absolute Gasteiger partial charge is 0.243 e. The van der Waals surface area contributed by atoms with Gasteiger partial charge in [0.1, 0.15) is 0 Å². The molecule has 4 nitrogen and oxygen atoms in total.